The van der Waals surface area contributed by atoms with Gasteiger partial charge in [0, 0.05) is 37.3 Å². The number of hydrogen-bond donors (Lipinski definition) is 1. The molecule has 0 bridgehead atoms. The zero-order valence-electron chi connectivity index (χ0n) is 23.7. The van der Waals surface area contributed by atoms with E-state index in [9.17, 15) is 14.7 Å². The van der Waals surface area contributed by atoms with E-state index < -0.39 is 18.4 Å². The molecule has 0 atom stereocenters. The number of aryl methyl sites for hydroxylation is 1. The summed E-state index contributed by atoms with van der Waals surface area (Å²) < 4.78 is 0. The van der Waals surface area contributed by atoms with E-state index in [2.05, 4.69) is 40.2 Å². The number of aliphatic carboxylic acids is 1. The van der Waals surface area contributed by atoms with Gasteiger partial charge in [-0.25, -0.2) is 9.97 Å². The largest absolute Gasteiger partial charge is 0.480 e. The number of piperidine rings is 1. The lowest BCUT2D eigenvalue weighted by atomic mass is 9.90. The van der Waals surface area contributed by atoms with E-state index in [1.807, 2.05) is 37.3 Å². The molecule has 42 heavy (non-hydrogen) atoms. The standard InChI is InChI=1S/C34H35ClN4O3/c1-24-7-5-10-27(17-24)20-31-30(33(42)39(23-32(40)41)22-28-11-6-12-29(35)19-28)21-36-34(37-31)38-15-13-26(14-16-38)18-25-8-3-2-4-9-25/h2-12,17,19,21,26H,13-16,18,20,22-23H2,1H3,(H,40,41). The first-order chi connectivity index (χ1) is 20.3. The maximum absolute atomic E-state index is 13.9. The lowest BCUT2D eigenvalue weighted by Crippen LogP contribution is -2.37. The number of anilines is 1. The third-order valence-corrected chi connectivity index (χ3v) is 7.91. The van der Waals surface area contributed by atoms with E-state index in [0.29, 0.717) is 34.6 Å². The van der Waals surface area contributed by atoms with Gasteiger partial charge >= 0.3 is 5.97 Å². The number of rotatable bonds is 10. The maximum Gasteiger partial charge on any atom is 0.323 e. The second-order valence-corrected chi connectivity index (χ2v) is 11.4. The predicted octanol–water partition coefficient (Wildman–Crippen LogP) is 6.22. The zero-order valence-corrected chi connectivity index (χ0v) is 24.5. The van der Waals surface area contributed by atoms with Gasteiger partial charge in [-0.05, 0) is 60.9 Å². The van der Waals surface area contributed by atoms with E-state index in [0.717, 1.165) is 49.0 Å². The molecule has 2 heterocycles. The number of nitrogens with zero attached hydrogens (tertiary/aromatic N) is 4. The summed E-state index contributed by atoms with van der Waals surface area (Å²) in [6, 6.07) is 25.8. The van der Waals surface area contributed by atoms with Gasteiger partial charge in [-0.2, -0.15) is 0 Å². The highest BCUT2D eigenvalue weighted by molar-refractivity contribution is 6.30. The molecule has 1 N–H and O–H groups in total. The number of carbonyl (C=O) groups is 2. The van der Waals surface area contributed by atoms with Crippen LogP contribution in [0.2, 0.25) is 5.02 Å². The molecule has 1 aliphatic rings. The number of benzene rings is 3. The van der Waals surface area contributed by atoms with Crippen molar-refractivity contribution in [2.24, 2.45) is 5.92 Å². The summed E-state index contributed by atoms with van der Waals surface area (Å²) >= 11 is 6.16. The van der Waals surface area contributed by atoms with Crippen LogP contribution in [-0.4, -0.2) is 51.5 Å². The molecule has 216 valence electrons. The minimum atomic E-state index is -1.10. The van der Waals surface area contributed by atoms with Gasteiger partial charge in [0.2, 0.25) is 5.95 Å². The molecule has 0 radical (unpaired) electrons. The number of carboxylic acids is 1. The SMILES string of the molecule is Cc1cccc(Cc2nc(N3CCC(Cc4ccccc4)CC3)ncc2C(=O)N(CC(=O)O)Cc2cccc(Cl)c2)c1. The van der Waals surface area contributed by atoms with Crippen LogP contribution in [0, 0.1) is 12.8 Å². The van der Waals surface area contributed by atoms with Crippen LogP contribution >= 0.6 is 11.6 Å². The van der Waals surface area contributed by atoms with Crippen LogP contribution in [-0.2, 0) is 24.2 Å². The number of carboxylic acid groups (broad SMARTS) is 1. The Morgan fingerprint density at radius 1 is 0.952 bits per heavy atom. The number of amides is 1. The number of carbonyl (C=O) groups excluding carboxylic acids is 1. The van der Waals surface area contributed by atoms with Crippen molar-refractivity contribution in [2.75, 3.05) is 24.5 Å². The molecular weight excluding hydrogens is 548 g/mol. The Morgan fingerprint density at radius 2 is 1.67 bits per heavy atom. The first kappa shape index (κ1) is 29.3. The molecule has 1 aromatic heterocycles. The van der Waals surface area contributed by atoms with Gasteiger partial charge in [0.15, 0.2) is 0 Å². The van der Waals surface area contributed by atoms with Gasteiger partial charge < -0.3 is 14.9 Å². The van der Waals surface area contributed by atoms with Crippen LogP contribution in [0.5, 0.6) is 0 Å². The molecule has 3 aromatic carbocycles. The Hall–Kier alpha value is -4.23. The molecule has 7 nitrogen and oxygen atoms in total. The van der Waals surface area contributed by atoms with Crippen molar-refractivity contribution in [1.82, 2.24) is 14.9 Å². The number of aromatic nitrogens is 2. The second-order valence-electron chi connectivity index (χ2n) is 11.0. The van der Waals surface area contributed by atoms with Crippen molar-refractivity contribution in [1.29, 1.82) is 0 Å². The Labute approximate surface area is 251 Å². The Morgan fingerprint density at radius 3 is 2.38 bits per heavy atom. The highest BCUT2D eigenvalue weighted by atomic mass is 35.5. The van der Waals surface area contributed by atoms with Crippen LogP contribution in [0.15, 0.2) is 85.1 Å². The summed E-state index contributed by atoms with van der Waals surface area (Å²) in [4.78, 5) is 38.7. The van der Waals surface area contributed by atoms with Crippen molar-refractivity contribution >= 4 is 29.4 Å². The van der Waals surface area contributed by atoms with Crippen molar-refractivity contribution < 1.29 is 14.7 Å². The molecule has 5 rings (SSSR count). The summed E-state index contributed by atoms with van der Waals surface area (Å²) in [5, 5.41) is 10.1. The van der Waals surface area contributed by atoms with Crippen LogP contribution < -0.4 is 4.90 Å². The molecule has 0 unspecified atom stereocenters. The Balaban J connectivity index is 1.40. The predicted molar refractivity (Wildman–Crippen MR) is 165 cm³/mol. The molecule has 0 spiro atoms. The molecular formula is C34H35ClN4O3. The molecule has 0 saturated carbocycles. The molecule has 0 aliphatic carbocycles. The van der Waals surface area contributed by atoms with Gasteiger partial charge in [0.25, 0.3) is 5.91 Å². The van der Waals surface area contributed by atoms with Crippen LogP contribution in [0.25, 0.3) is 0 Å². The molecule has 1 saturated heterocycles. The lowest BCUT2D eigenvalue weighted by Gasteiger charge is -2.32. The molecule has 4 aromatic rings. The summed E-state index contributed by atoms with van der Waals surface area (Å²) in [5.74, 6) is -0.311. The van der Waals surface area contributed by atoms with Crippen molar-refractivity contribution in [3.05, 3.63) is 124 Å². The zero-order chi connectivity index (χ0) is 29.5. The fraction of sp³-hybridized carbons (Fsp3) is 0.294. The minimum absolute atomic E-state index is 0.103. The minimum Gasteiger partial charge on any atom is -0.480 e. The summed E-state index contributed by atoms with van der Waals surface area (Å²) in [6.07, 6.45) is 5.14. The Kier molecular flexibility index (Phi) is 9.49. The third-order valence-electron chi connectivity index (χ3n) is 7.68. The van der Waals surface area contributed by atoms with Gasteiger partial charge in [-0.3, -0.25) is 9.59 Å². The highest BCUT2D eigenvalue weighted by Gasteiger charge is 2.26. The van der Waals surface area contributed by atoms with E-state index in [4.69, 9.17) is 16.6 Å². The molecule has 1 amide bonds. The summed E-state index contributed by atoms with van der Waals surface area (Å²) in [6.45, 7) is 3.36. The monoisotopic (exact) mass is 582 g/mol. The number of hydrogen-bond acceptors (Lipinski definition) is 5. The van der Waals surface area contributed by atoms with Gasteiger partial charge in [0.1, 0.15) is 6.54 Å². The van der Waals surface area contributed by atoms with Crippen LogP contribution in [0.4, 0.5) is 5.95 Å². The van der Waals surface area contributed by atoms with Crippen molar-refractivity contribution in [3.63, 3.8) is 0 Å². The molecule has 1 fully saturated rings. The van der Waals surface area contributed by atoms with E-state index in [-0.39, 0.29) is 6.54 Å². The van der Waals surface area contributed by atoms with Crippen molar-refractivity contribution in [3.8, 4) is 0 Å². The maximum atomic E-state index is 13.9. The smallest absolute Gasteiger partial charge is 0.323 e. The first-order valence-corrected chi connectivity index (χ1v) is 14.7. The summed E-state index contributed by atoms with van der Waals surface area (Å²) in [5.41, 5.74) is 5.14. The first-order valence-electron chi connectivity index (χ1n) is 14.3. The fourth-order valence-corrected chi connectivity index (χ4v) is 5.77. The van der Waals surface area contributed by atoms with E-state index in [1.54, 1.807) is 24.4 Å². The molecule has 1 aliphatic heterocycles. The Bertz CT molecular complexity index is 1540. The normalized spacial score (nSPS) is 13.6. The quantitative estimate of drug-likeness (QED) is 0.239. The van der Waals surface area contributed by atoms with Crippen molar-refractivity contribution in [2.45, 2.75) is 39.2 Å². The van der Waals surface area contributed by atoms with Gasteiger partial charge in [0.05, 0.1) is 11.3 Å². The van der Waals surface area contributed by atoms with Crippen LogP contribution in [0.3, 0.4) is 0 Å². The van der Waals surface area contributed by atoms with Gasteiger partial charge in [-0.1, -0.05) is 83.9 Å². The van der Waals surface area contributed by atoms with E-state index >= 15 is 0 Å². The summed E-state index contributed by atoms with van der Waals surface area (Å²) in [7, 11) is 0. The fourth-order valence-electron chi connectivity index (χ4n) is 5.56. The molecule has 8 heteroatoms. The average Bonchev–Trinajstić information content (AvgIpc) is 2.97. The second kappa shape index (κ2) is 13.6. The lowest BCUT2D eigenvalue weighted by molar-refractivity contribution is -0.137. The average molecular weight is 583 g/mol. The van der Waals surface area contributed by atoms with Gasteiger partial charge in [-0.15, -0.1) is 0 Å². The topological polar surface area (TPSA) is 86.6 Å². The van der Waals surface area contributed by atoms with E-state index in [1.165, 1.54) is 10.5 Å². The highest BCUT2D eigenvalue weighted by Crippen LogP contribution is 2.26. The number of halogens is 1. The van der Waals surface area contributed by atoms with Crippen LogP contribution in [0.1, 0.15) is 51.1 Å². The third kappa shape index (κ3) is 7.74.